The van der Waals surface area contributed by atoms with Gasteiger partial charge in [0, 0.05) is 52.9 Å². The van der Waals surface area contributed by atoms with Gasteiger partial charge in [-0.15, -0.1) is 11.3 Å². The van der Waals surface area contributed by atoms with E-state index in [4.69, 9.17) is 16.3 Å². The number of rotatable bonds is 2. The molecule has 2 aliphatic heterocycles. The topological polar surface area (TPSA) is 32.8 Å². The van der Waals surface area contributed by atoms with Gasteiger partial charge in [-0.05, 0) is 42.5 Å². The lowest BCUT2D eigenvalue weighted by Crippen LogP contribution is -2.48. The minimum absolute atomic E-state index is 0.118. The van der Waals surface area contributed by atoms with E-state index in [-0.39, 0.29) is 5.91 Å². The Labute approximate surface area is 172 Å². The Kier molecular flexibility index (Phi) is 4.49. The largest absolute Gasteiger partial charge is 0.488 e. The van der Waals surface area contributed by atoms with Gasteiger partial charge in [0.2, 0.25) is 0 Å². The first-order valence-corrected chi connectivity index (χ1v) is 10.5. The summed E-state index contributed by atoms with van der Waals surface area (Å²) in [5, 5.41) is 0.741. The summed E-state index contributed by atoms with van der Waals surface area (Å²) in [6.45, 7) is 3.61. The van der Waals surface area contributed by atoms with Crippen molar-refractivity contribution >= 4 is 34.5 Å². The molecule has 0 spiro atoms. The smallest absolute Gasteiger partial charge is 0.264 e. The van der Waals surface area contributed by atoms with Crippen molar-refractivity contribution in [3.63, 3.8) is 0 Å². The number of thiophene rings is 1. The number of hydrogen-bond acceptors (Lipinski definition) is 4. The van der Waals surface area contributed by atoms with Crippen LogP contribution in [0.25, 0.3) is 10.4 Å². The summed E-state index contributed by atoms with van der Waals surface area (Å²) in [5.41, 5.74) is 3.34. The number of anilines is 1. The van der Waals surface area contributed by atoms with Gasteiger partial charge in [0.1, 0.15) is 12.4 Å². The lowest BCUT2D eigenvalue weighted by atomic mass is 10.1. The van der Waals surface area contributed by atoms with Crippen LogP contribution in [0.1, 0.15) is 15.2 Å². The van der Waals surface area contributed by atoms with Gasteiger partial charge in [0.05, 0.1) is 4.88 Å². The Morgan fingerprint density at radius 1 is 1.00 bits per heavy atom. The third-order valence-corrected chi connectivity index (χ3v) is 6.74. The summed E-state index contributed by atoms with van der Waals surface area (Å²) < 4.78 is 5.83. The van der Waals surface area contributed by atoms with Gasteiger partial charge in [0.15, 0.2) is 0 Å². The van der Waals surface area contributed by atoms with Crippen LogP contribution in [0.4, 0.5) is 5.69 Å². The fourth-order valence-corrected chi connectivity index (χ4v) is 5.07. The summed E-state index contributed by atoms with van der Waals surface area (Å²) in [7, 11) is 0. The molecule has 2 aliphatic rings. The molecular formula is C22H19ClN2O2S. The van der Waals surface area contributed by atoms with E-state index in [1.54, 1.807) is 11.3 Å². The van der Waals surface area contributed by atoms with E-state index >= 15 is 0 Å². The number of amides is 1. The van der Waals surface area contributed by atoms with E-state index in [2.05, 4.69) is 11.0 Å². The third kappa shape index (κ3) is 3.15. The average Bonchev–Trinajstić information content (AvgIpc) is 3.19. The molecule has 0 saturated carbocycles. The molecule has 0 unspecified atom stereocenters. The molecule has 3 aromatic rings. The number of carbonyl (C=O) groups is 1. The molecule has 2 aromatic carbocycles. The number of fused-ring (bicyclic) bond motifs is 3. The van der Waals surface area contributed by atoms with Crippen LogP contribution in [0.3, 0.4) is 0 Å². The maximum Gasteiger partial charge on any atom is 0.264 e. The summed E-state index contributed by atoms with van der Waals surface area (Å²) in [6, 6.07) is 17.9. The summed E-state index contributed by atoms with van der Waals surface area (Å²) in [4.78, 5) is 19.3. The highest BCUT2D eigenvalue weighted by atomic mass is 35.5. The Morgan fingerprint density at radius 3 is 2.54 bits per heavy atom. The van der Waals surface area contributed by atoms with E-state index in [0.717, 1.165) is 63.5 Å². The quantitative estimate of drug-likeness (QED) is 0.601. The van der Waals surface area contributed by atoms with Crippen molar-refractivity contribution in [1.82, 2.24) is 4.90 Å². The second-order valence-electron chi connectivity index (χ2n) is 7.01. The highest BCUT2D eigenvalue weighted by Gasteiger charge is 2.27. The van der Waals surface area contributed by atoms with Crippen LogP contribution < -0.4 is 9.64 Å². The SMILES string of the molecule is O=C(c1cc2c(s1)-c1ccccc1OC2)N1CCN(c2ccc(Cl)cc2)CC1. The molecule has 3 heterocycles. The number of benzene rings is 2. The van der Waals surface area contributed by atoms with Crippen LogP contribution in [0.5, 0.6) is 5.75 Å². The lowest BCUT2D eigenvalue weighted by Gasteiger charge is -2.36. The number of hydrogen-bond donors (Lipinski definition) is 0. The van der Waals surface area contributed by atoms with Gasteiger partial charge in [0.25, 0.3) is 5.91 Å². The monoisotopic (exact) mass is 410 g/mol. The molecule has 1 saturated heterocycles. The zero-order chi connectivity index (χ0) is 19.1. The van der Waals surface area contributed by atoms with Gasteiger partial charge >= 0.3 is 0 Å². The van der Waals surface area contributed by atoms with Gasteiger partial charge < -0.3 is 14.5 Å². The van der Waals surface area contributed by atoms with Crippen LogP contribution in [-0.2, 0) is 6.61 Å². The minimum atomic E-state index is 0.118. The molecule has 0 bridgehead atoms. The van der Waals surface area contributed by atoms with Gasteiger partial charge in [-0.25, -0.2) is 0 Å². The summed E-state index contributed by atoms with van der Waals surface area (Å²) in [5.74, 6) is 1.01. The zero-order valence-corrected chi connectivity index (χ0v) is 16.8. The van der Waals surface area contributed by atoms with E-state index in [9.17, 15) is 4.79 Å². The number of piperazine rings is 1. The third-order valence-electron chi connectivity index (χ3n) is 5.29. The molecule has 6 heteroatoms. The Hall–Kier alpha value is -2.50. The van der Waals surface area contributed by atoms with Crippen molar-refractivity contribution in [3.05, 3.63) is 70.1 Å². The van der Waals surface area contributed by atoms with E-state index < -0.39 is 0 Å². The first-order valence-electron chi connectivity index (χ1n) is 9.34. The van der Waals surface area contributed by atoms with E-state index in [0.29, 0.717) is 6.61 Å². The molecule has 1 fully saturated rings. The van der Waals surface area contributed by atoms with Crippen LogP contribution in [0.2, 0.25) is 5.02 Å². The Morgan fingerprint density at radius 2 is 1.75 bits per heavy atom. The van der Waals surface area contributed by atoms with Crippen LogP contribution in [0, 0.1) is 0 Å². The van der Waals surface area contributed by atoms with Crippen LogP contribution >= 0.6 is 22.9 Å². The fraction of sp³-hybridized carbons (Fsp3) is 0.227. The van der Waals surface area contributed by atoms with Crippen molar-refractivity contribution in [3.8, 4) is 16.2 Å². The normalized spacial score (nSPS) is 15.6. The summed E-state index contributed by atoms with van der Waals surface area (Å²) in [6.07, 6.45) is 0. The molecule has 5 rings (SSSR count). The first kappa shape index (κ1) is 17.6. The Balaban J connectivity index is 1.31. The number of para-hydroxylation sites is 1. The molecule has 0 atom stereocenters. The highest BCUT2D eigenvalue weighted by Crippen LogP contribution is 2.42. The second-order valence-corrected chi connectivity index (χ2v) is 8.49. The molecule has 28 heavy (non-hydrogen) atoms. The number of carbonyl (C=O) groups excluding carboxylic acids is 1. The maximum absolute atomic E-state index is 13.1. The van der Waals surface area contributed by atoms with E-state index in [1.807, 2.05) is 53.4 Å². The predicted octanol–water partition coefficient (Wildman–Crippen LogP) is 4.92. The molecule has 1 amide bonds. The predicted molar refractivity (Wildman–Crippen MR) is 114 cm³/mol. The second kappa shape index (κ2) is 7.15. The fourth-order valence-electron chi connectivity index (χ4n) is 3.78. The standard InChI is InChI=1S/C22H19ClN2O2S/c23-16-5-7-17(8-6-16)24-9-11-25(12-10-24)22(26)20-13-15-14-27-19-4-2-1-3-18(19)21(15)28-20/h1-8,13H,9-12,14H2. The van der Waals surface area contributed by atoms with Crippen molar-refractivity contribution < 1.29 is 9.53 Å². The molecule has 0 aliphatic carbocycles. The van der Waals surface area contributed by atoms with E-state index in [1.165, 1.54) is 0 Å². The highest BCUT2D eigenvalue weighted by molar-refractivity contribution is 7.17. The lowest BCUT2D eigenvalue weighted by molar-refractivity contribution is 0.0751. The van der Waals surface area contributed by atoms with Crippen LogP contribution in [-0.4, -0.2) is 37.0 Å². The van der Waals surface area contributed by atoms with Gasteiger partial charge in [-0.2, -0.15) is 0 Å². The van der Waals surface area contributed by atoms with Gasteiger partial charge in [-0.3, -0.25) is 4.79 Å². The molecule has 142 valence electrons. The van der Waals surface area contributed by atoms with Crippen molar-refractivity contribution in [2.45, 2.75) is 6.61 Å². The summed E-state index contributed by atoms with van der Waals surface area (Å²) >= 11 is 7.56. The molecule has 1 aromatic heterocycles. The first-order chi connectivity index (χ1) is 13.7. The average molecular weight is 411 g/mol. The van der Waals surface area contributed by atoms with Crippen molar-refractivity contribution in [2.24, 2.45) is 0 Å². The van der Waals surface area contributed by atoms with Crippen molar-refractivity contribution in [2.75, 3.05) is 31.1 Å². The maximum atomic E-state index is 13.1. The minimum Gasteiger partial charge on any atom is -0.488 e. The molecule has 0 radical (unpaired) electrons. The molecule has 4 nitrogen and oxygen atoms in total. The van der Waals surface area contributed by atoms with Crippen molar-refractivity contribution in [1.29, 1.82) is 0 Å². The molecule has 0 N–H and O–H groups in total. The Bertz CT molecular complexity index is 1020. The number of nitrogens with zero attached hydrogens (tertiary/aromatic N) is 2. The van der Waals surface area contributed by atoms with Gasteiger partial charge in [-0.1, -0.05) is 23.7 Å². The zero-order valence-electron chi connectivity index (χ0n) is 15.2. The number of ether oxygens (including phenoxy) is 1. The van der Waals surface area contributed by atoms with Crippen LogP contribution in [0.15, 0.2) is 54.6 Å². The number of halogens is 1. The molecular weight excluding hydrogens is 392 g/mol.